The first-order valence-electron chi connectivity index (χ1n) is 11.6. The standard InChI is InChI=1S/C27H29N3O5S/c1-19-11-12-21(17-24(19)29-15-7-10-27(29)32)28-26(31)18-30(22-8-5-4-6-9-22)36(33,34)23-13-14-25(35-3)20(2)16-23/h4-6,8-9,11-14,16-17H,7,10,15,18H2,1-3H3,(H,28,31). The number of benzene rings is 3. The Labute approximate surface area is 211 Å². The highest BCUT2D eigenvalue weighted by Gasteiger charge is 2.28. The summed E-state index contributed by atoms with van der Waals surface area (Å²) in [5.41, 5.74) is 3.20. The average Bonchev–Trinajstić information content (AvgIpc) is 3.29. The predicted molar refractivity (Wildman–Crippen MR) is 140 cm³/mol. The van der Waals surface area contributed by atoms with Crippen LogP contribution in [0.1, 0.15) is 24.0 Å². The van der Waals surface area contributed by atoms with Crippen LogP contribution in [-0.2, 0) is 19.6 Å². The molecule has 1 saturated heterocycles. The molecule has 8 nitrogen and oxygen atoms in total. The minimum absolute atomic E-state index is 0.0534. The lowest BCUT2D eigenvalue weighted by Crippen LogP contribution is -2.38. The predicted octanol–water partition coefficient (Wildman–Crippen LogP) is 4.27. The SMILES string of the molecule is COc1ccc(S(=O)(=O)N(CC(=O)Nc2ccc(C)c(N3CCCC3=O)c2)c2ccccc2)cc1C. The van der Waals surface area contributed by atoms with Crippen molar-refractivity contribution in [3.8, 4) is 5.75 Å². The molecule has 9 heteroatoms. The van der Waals surface area contributed by atoms with Gasteiger partial charge in [-0.2, -0.15) is 0 Å². The Balaban J connectivity index is 1.61. The van der Waals surface area contributed by atoms with Gasteiger partial charge in [0.05, 0.1) is 17.7 Å². The van der Waals surface area contributed by atoms with E-state index in [0.29, 0.717) is 35.7 Å². The normalized spacial score (nSPS) is 13.5. The number of anilines is 3. The van der Waals surface area contributed by atoms with Gasteiger partial charge in [0.1, 0.15) is 12.3 Å². The van der Waals surface area contributed by atoms with E-state index in [-0.39, 0.29) is 10.8 Å². The number of nitrogens with one attached hydrogen (secondary N) is 1. The van der Waals surface area contributed by atoms with Crippen LogP contribution in [0.15, 0.2) is 71.6 Å². The van der Waals surface area contributed by atoms with Crippen molar-refractivity contribution in [2.45, 2.75) is 31.6 Å². The maximum absolute atomic E-state index is 13.6. The fraction of sp³-hybridized carbons (Fsp3) is 0.259. The molecule has 1 N–H and O–H groups in total. The van der Waals surface area contributed by atoms with Crippen LogP contribution >= 0.6 is 0 Å². The number of nitrogens with zero attached hydrogens (tertiary/aromatic N) is 2. The van der Waals surface area contributed by atoms with Gasteiger partial charge in [0.2, 0.25) is 11.8 Å². The fourth-order valence-electron chi connectivity index (χ4n) is 4.26. The Kier molecular flexibility index (Phi) is 7.30. The Morgan fingerprint density at radius 2 is 1.78 bits per heavy atom. The van der Waals surface area contributed by atoms with Crippen LogP contribution < -0.4 is 19.3 Å². The summed E-state index contributed by atoms with van der Waals surface area (Å²) in [6, 6.07) is 18.4. The van der Waals surface area contributed by atoms with Gasteiger partial charge in [-0.05, 0) is 73.9 Å². The molecule has 2 amide bonds. The Morgan fingerprint density at radius 3 is 2.42 bits per heavy atom. The van der Waals surface area contributed by atoms with E-state index in [1.54, 1.807) is 60.4 Å². The number of methoxy groups -OCH3 is 1. The number of rotatable bonds is 8. The highest BCUT2D eigenvalue weighted by atomic mass is 32.2. The van der Waals surface area contributed by atoms with Crippen molar-refractivity contribution in [2.75, 3.05) is 34.7 Å². The van der Waals surface area contributed by atoms with Crippen molar-refractivity contribution < 1.29 is 22.7 Å². The number of sulfonamides is 1. The van der Waals surface area contributed by atoms with E-state index < -0.39 is 22.5 Å². The molecule has 3 aromatic rings. The molecule has 0 saturated carbocycles. The zero-order valence-corrected chi connectivity index (χ0v) is 21.3. The molecule has 0 aromatic heterocycles. The second kappa shape index (κ2) is 10.4. The van der Waals surface area contributed by atoms with Crippen LogP contribution in [0, 0.1) is 13.8 Å². The average molecular weight is 508 g/mol. The molecular weight excluding hydrogens is 478 g/mol. The molecule has 36 heavy (non-hydrogen) atoms. The molecule has 4 rings (SSSR count). The van der Waals surface area contributed by atoms with Gasteiger partial charge in [-0.3, -0.25) is 13.9 Å². The van der Waals surface area contributed by atoms with Crippen molar-refractivity contribution in [1.82, 2.24) is 0 Å². The van der Waals surface area contributed by atoms with Gasteiger partial charge in [-0.15, -0.1) is 0 Å². The minimum Gasteiger partial charge on any atom is -0.496 e. The van der Waals surface area contributed by atoms with Gasteiger partial charge >= 0.3 is 0 Å². The number of hydrogen-bond donors (Lipinski definition) is 1. The van der Waals surface area contributed by atoms with Crippen LogP contribution in [0.3, 0.4) is 0 Å². The molecule has 0 spiro atoms. The molecule has 0 bridgehead atoms. The number of amides is 2. The summed E-state index contributed by atoms with van der Waals surface area (Å²) < 4.78 is 33.6. The van der Waals surface area contributed by atoms with Crippen molar-refractivity contribution in [3.63, 3.8) is 0 Å². The number of ether oxygens (including phenoxy) is 1. The third-order valence-electron chi connectivity index (χ3n) is 6.14. The van der Waals surface area contributed by atoms with E-state index in [9.17, 15) is 18.0 Å². The molecule has 0 atom stereocenters. The van der Waals surface area contributed by atoms with E-state index in [2.05, 4.69) is 5.32 Å². The largest absolute Gasteiger partial charge is 0.496 e. The van der Waals surface area contributed by atoms with Gasteiger partial charge in [-0.1, -0.05) is 24.3 Å². The van der Waals surface area contributed by atoms with Crippen LogP contribution in [0.2, 0.25) is 0 Å². The number of carbonyl (C=O) groups excluding carboxylic acids is 2. The van der Waals surface area contributed by atoms with E-state index in [4.69, 9.17) is 4.74 Å². The molecular formula is C27H29N3O5S. The monoisotopic (exact) mass is 507 g/mol. The van der Waals surface area contributed by atoms with E-state index >= 15 is 0 Å². The lowest BCUT2D eigenvalue weighted by molar-refractivity contribution is -0.117. The van der Waals surface area contributed by atoms with E-state index in [1.165, 1.54) is 19.2 Å². The number of carbonyl (C=O) groups is 2. The molecule has 188 valence electrons. The molecule has 3 aromatic carbocycles. The summed E-state index contributed by atoms with van der Waals surface area (Å²) in [4.78, 5) is 27.1. The molecule has 1 fully saturated rings. The van der Waals surface area contributed by atoms with Gasteiger partial charge in [-0.25, -0.2) is 8.42 Å². The molecule has 1 heterocycles. The van der Waals surface area contributed by atoms with Crippen LogP contribution in [0.5, 0.6) is 5.75 Å². The van der Waals surface area contributed by atoms with Crippen molar-refractivity contribution in [2.24, 2.45) is 0 Å². The Hall–Kier alpha value is -3.85. The highest BCUT2D eigenvalue weighted by molar-refractivity contribution is 7.92. The Bertz CT molecular complexity index is 1390. The first-order chi connectivity index (χ1) is 17.2. The van der Waals surface area contributed by atoms with Gasteiger partial charge in [0.15, 0.2) is 0 Å². The topological polar surface area (TPSA) is 96.0 Å². The zero-order valence-electron chi connectivity index (χ0n) is 20.5. The fourth-order valence-corrected chi connectivity index (χ4v) is 5.77. The lowest BCUT2D eigenvalue weighted by Gasteiger charge is -2.25. The molecule has 0 aliphatic carbocycles. The first-order valence-corrected chi connectivity index (χ1v) is 13.1. The van der Waals surface area contributed by atoms with Crippen molar-refractivity contribution in [3.05, 3.63) is 77.9 Å². The third-order valence-corrected chi connectivity index (χ3v) is 7.91. The highest BCUT2D eigenvalue weighted by Crippen LogP contribution is 2.29. The zero-order chi connectivity index (χ0) is 25.9. The third kappa shape index (κ3) is 5.21. The lowest BCUT2D eigenvalue weighted by atomic mass is 10.1. The summed E-state index contributed by atoms with van der Waals surface area (Å²) in [5, 5.41) is 2.80. The van der Waals surface area contributed by atoms with Crippen molar-refractivity contribution >= 4 is 38.9 Å². The molecule has 0 radical (unpaired) electrons. The maximum Gasteiger partial charge on any atom is 0.264 e. The summed E-state index contributed by atoms with van der Waals surface area (Å²) in [7, 11) is -2.54. The smallest absolute Gasteiger partial charge is 0.264 e. The maximum atomic E-state index is 13.6. The number of hydrogen-bond acceptors (Lipinski definition) is 5. The van der Waals surface area contributed by atoms with Gasteiger partial charge < -0.3 is 15.0 Å². The quantitative estimate of drug-likeness (QED) is 0.491. The molecule has 1 aliphatic heterocycles. The second-order valence-electron chi connectivity index (χ2n) is 8.68. The van der Waals surface area contributed by atoms with E-state index in [0.717, 1.165) is 22.0 Å². The number of para-hydroxylation sites is 1. The second-order valence-corrected chi connectivity index (χ2v) is 10.5. The van der Waals surface area contributed by atoms with Gasteiger partial charge in [0.25, 0.3) is 10.0 Å². The molecule has 0 unspecified atom stereocenters. The first kappa shape index (κ1) is 25.2. The Morgan fingerprint density at radius 1 is 1.03 bits per heavy atom. The molecule has 1 aliphatic rings. The van der Waals surface area contributed by atoms with Gasteiger partial charge in [0, 0.05) is 24.3 Å². The summed E-state index contributed by atoms with van der Waals surface area (Å²) in [6.45, 7) is 3.88. The van der Waals surface area contributed by atoms with Crippen LogP contribution in [-0.4, -0.2) is 40.4 Å². The van der Waals surface area contributed by atoms with E-state index in [1.807, 2.05) is 13.0 Å². The van der Waals surface area contributed by atoms with Crippen LogP contribution in [0.4, 0.5) is 17.1 Å². The summed E-state index contributed by atoms with van der Waals surface area (Å²) >= 11 is 0. The minimum atomic E-state index is -4.06. The number of aryl methyl sites for hydroxylation is 2. The summed E-state index contributed by atoms with van der Waals surface area (Å²) in [6.07, 6.45) is 1.30. The summed E-state index contributed by atoms with van der Waals surface area (Å²) in [5.74, 6) is 0.123. The van der Waals surface area contributed by atoms with Crippen LogP contribution in [0.25, 0.3) is 0 Å². The van der Waals surface area contributed by atoms with Crippen molar-refractivity contribution in [1.29, 1.82) is 0 Å².